The van der Waals surface area contributed by atoms with E-state index in [0.717, 1.165) is 35.3 Å². The molecule has 1 saturated carbocycles. The molecule has 0 atom stereocenters. The third-order valence-electron chi connectivity index (χ3n) is 6.67. The Kier molecular flexibility index (Phi) is 8.14. The van der Waals surface area contributed by atoms with E-state index in [1.807, 2.05) is 52.0 Å². The van der Waals surface area contributed by atoms with Crippen molar-refractivity contribution in [2.24, 2.45) is 0 Å². The van der Waals surface area contributed by atoms with Crippen molar-refractivity contribution >= 4 is 12.6 Å². The SMILES string of the molecule is Cc1cc(C(C)(C)c2ccc(OC3CC(NC(=O)OC(C)(C)C)C3)cc2)ccc1Oc1cccc(OC=O)n1. The molecule has 1 aliphatic rings. The summed E-state index contributed by atoms with van der Waals surface area (Å²) in [5.41, 5.74) is 2.50. The van der Waals surface area contributed by atoms with E-state index >= 15 is 0 Å². The van der Waals surface area contributed by atoms with Crippen molar-refractivity contribution in [3.8, 4) is 23.3 Å². The Morgan fingerprint density at radius 3 is 2.26 bits per heavy atom. The molecule has 3 aromatic rings. The highest BCUT2D eigenvalue weighted by Crippen LogP contribution is 2.36. The van der Waals surface area contributed by atoms with Gasteiger partial charge in [0.25, 0.3) is 6.47 Å². The first-order chi connectivity index (χ1) is 18.4. The number of hydrogen-bond donors (Lipinski definition) is 1. The Hall–Kier alpha value is -4.07. The lowest BCUT2D eigenvalue weighted by Crippen LogP contribution is -2.50. The molecule has 8 heteroatoms. The fourth-order valence-electron chi connectivity index (χ4n) is 4.40. The van der Waals surface area contributed by atoms with E-state index in [1.165, 1.54) is 0 Å². The zero-order valence-corrected chi connectivity index (χ0v) is 23.3. The summed E-state index contributed by atoms with van der Waals surface area (Å²) < 4.78 is 22.2. The van der Waals surface area contributed by atoms with Crippen LogP contribution in [0.15, 0.2) is 60.7 Å². The molecule has 39 heavy (non-hydrogen) atoms. The number of alkyl carbamates (subject to hydrolysis) is 1. The smallest absolute Gasteiger partial charge is 0.407 e. The second kappa shape index (κ2) is 11.4. The molecule has 1 aliphatic carbocycles. The predicted molar refractivity (Wildman–Crippen MR) is 148 cm³/mol. The largest absolute Gasteiger partial charge is 0.490 e. The average Bonchev–Trinajstić information content (AvgIpc) is 2.83. The fourth-order valence-corrected chi connectivity index (χ4v) is 4.40. The van der Waals surface area contributed by atoms with Gasteiger partial charge >= 0.3 is 6.09 Å². The first kappa shape index (κ1) is 28.0. The number of carbonyl (C=O) groups excluding carboxylic acids is 2. The summed E-state index contributed by atoms with van der Waals surface area (Å²) in [6, 6.07) is 19.3. The molecule has 4 rings (SSSR count). The summed E-state index contributed by atoms with van der Waals surface area (Å²) >= 11 is 0. The number of nitrogens with zero attached hydrogens (tertiary/aromatic N) is 1. The monoisotopic (exact) mass is 532 g/mol. The van der Waals surface area contributed by atoms with Crippen LogP contribution in [-0.4, -0.2) is 35.3 Å². The van der Waals surface area contributed by atoms with Crippen molar-refractivity contribution in [2.45, 2.75) is 77.5 Å². The minimum absolute atomic E-state index is 0.0687. The highest BCUT2D eigenvalue weighted by atomic mass is 16.6. The molecule has 0 saturated heterocycles. The third-order valence-corrected chi connectivity index (χ3v) is 6.67. The number of hydrogen-bond acceptors (Lipinski definition) is 7. The molecule has 1 heterocycles. The van der Waals surface area contributed by atoms with E-state index in [9.17, 15) is 9.59 Å². The topological polar surface area (TPSA) is 96.0 Å². The zero-order valence-electron chi connectivity index (χ0n) is 23.3. The lowest BCUT2D eigenvalue weighted by molar-refractivity contribution is -0.120. The molecule has 206 valence electrons. The molecule has 1 fully saturated rings. The molecule has 2 aromatic carbocycles. The second-order valence-corrected chi connectivity index (χ2v) is 11.3. The van der Waals surface area contributed by atoms with E-state index in [-0.39, 0.29) is 29.5 Å². The highest BCUT2D eigenvalue weighted by Gasteiger charge is 2.33. The van der Waals surface area contributed by atoms with Gasteiger partial charge in [0.2, 0.25) is 11.8 Å². The maximum atomic E-state index is 11.9. The van der Waals surface area contributed by atoms with Crippen LogP contribution in [-0.2, 0) is 14.9 Å². The van der Waals surface area contributed by atoms with Crippen LogP contribution < -0.4 is 19.5 Å². The van der Waals surface area contributed by atoms with Gasteiger partial charge in [0.15, 0.2) is 0 Å². The van der Waals surface area contributed by atoms with Crippen molar-refractivity contribution in [3.05, 3.63) is 77.4 Å². The van der Waals surface area contributed by atoms with Gasteiger partial charge in [-0.05, 0) is 62.6 Å². The molecule has 0 radical (unpaired) electrons. The Labute approximate surface area is 229 Å². The first-order valence-electron chi connectivity index (χ1n) is 13.1. The molecule has 1 N–H and O–H groups in total. The van der Waals surface area contributed by atoms with E-state index in [1.54, 1.807) is 18.2 Å². The van der Waals surface area contributed by atoms with Gasteiger partial charge in [-0.25, -0.2) is 4.79 Å². The lowest BCUT2D eigenvalue weighted by Gasteiger charge is -2.36. The lowest BCUT2D eigenvalue weighted by atomic mass is 9.77. The summed E-state index contributed by atoms with van der Waals surface area (Å²) in [5, 5.41) is 2.89. The summed E-state index contributed by atoms with van der Waals surface area (Å²) in [4.78, 5) is 26.7. The molecular formula is C31H36N2O6. The van der Waals surface area contributed by atoms with Crippen molar-refractivity contribution < 1.29 is 28.5 Å². The fraction of sp³-hybridized carbons (Fsp3) is 0.387. The van der Waals surface area contributed by atoms with Gasteiger partial charge < -0.3 is 24.3 Å². The number of rotatable bonds is 9. The quantitative estimate of drug-likeness (QED) is 0.315. The number of nitrogens with one attached hydrogen (secondary N) is 1. The van der Waals surface area contributed by atoms with Crippen LogP contribution in [0.4, 0.5) is 4.79 Å². The second-order valence-electron chi connectivity index (χ2n) is 11.3. The minimum Gasteiger partial charge on any atom is -0.490 e. The number of benzene rings is 2. The molecular weight excluding hydrogens is 496 g/mol. The summed E-state index contributed by atoms with van der Waals surface area (Å²) in [7, 11) is 0. The molecule has 1 amide bonds. The van der Waals surface area contributed by atoms with Gasteiger partial charge in [0.1, 0.15) is 23.2 Å². The number of amides is 1. The molecule has 0 bridgehead atoms. The van der Waals surface area contributed by atoms with Crippen LogP contribution in [0.5, 0.6) is 23.3 Å². The summed E-state index contributed by atoms with van der Waals surface area (Å²) in [5.74, 6) is 2.01. The van der Waals surface area contributed by atoms with Crippen molar-refractivity contribution in [2.75, 3.05) is 0 Å². The molecule has 0 unspecified atom stereocenters. The van der Waals surface area contributed by atoms with E-state index < -0.39 is 5.60 Å². The van der Waals surface area contributed by atoms with Gasteiger partial charge in [-0.3, -0.25) is 4.79 Å². The van der Waals surface area contributed by atoms with Crippen LogP contribution in [0.3, 0.4) is 0 Å². The first-order valence-corrected chi connectivity index (χ1v) is 13.1. The molecule has 1 aromatic heterocycles. The zero-order chi connectivity index (χ0) is 28.2. The Balaban J connectivity index is 1.34. The van der Waals surface area contributed by atoms with E-state index in [2.05, 4.69) is 42.3 Å². The minimum atomic E-state index is -0.508. The Morgan fingerprint density at radius 1 is 0.949 bits per heavy atom. The summed E-state index contributed by atoms with van der Waals surface area (Å²) in [6.45, 7) is 12.2. The number of ether oxygens (including phenoxy) is 4. The Morgan fingerprint density at radius 2 is 1.62 bits per heavy atom. The van der Waals surface area contributed by atoms with Crippen molar-refractivity contribution in [1.82, 2.24) is 10.3 Å². The van der Waals surface area contributed by atoms with Crippen molar-refractivity contribution in [1.29, 1.82) is 0 Å². The third kappa shape index (κ3) is 7.28. The van der Waals surface area contributed by atoms with Gasteiger partial charge in [0, 0.05) is 36.4 Å². The van der Waals surface area contributed by atoms with E-state index in [4.69, 9.17) is 18.9 Å². The summed E-state index contributed by atoms with van der Waals surface area (Å²) in [6.07, 6.45) is 1.19. The number of aryl methyl sites for hydroxylation is 1. The van der Waals surface area contributed by atoms with Crippen LogP contribution in [0.1, 0.15) is 64.2 Å². The number of aromatic nitrogens is 1. The number of pyridine rings is 1. The Bertz CT molecular complexity index is 1310. The van der Waals surface area contributed by atoms with Crippen LogP contribution in [0.2, 0.25) is 0 Å². The van der Waals surface area contributed by atoms with Gasteiger partial charge in [-0.1, -0.05) is 44.2 Å². The van der Waals surface area contributed by atoms with Crippen LogP contribution >= 0.6 is 0 Å². The molecule has 0 aliphatic heterocycles. The number of carbonyl (C=O) groups is 2. The van der Waals surface area contributed by atoms with Crippen LogP contribution in [0, 0.1) is 6.92 Å². The maximum Gasteiger partial charge on any atom is 0.407 e. The molecule has 8 nitrogen and oxygen atoms in total. The molecule has 0 spiro atoms. The van der Waals surface area contributed by atoms with Crippen molar-refractivity contribution in [3.63, 3.8) is 0 Å². The van der Waals surface area contributed by atoms with Gasteiger partial charge in [0.05, 0.1) is 0 Å². The highest BCUT2D eigenvalue weighted by molar-refractivity contribution is 5.68. The predicted octanol–water partition coefficient (Wildman–Crippen LogP) is 6.48. The van der Waals surface area contributed by atoms with Gasteiger partial charge in [-0.2, -0.15) is 4.98 Å². The normalized spacial score (nSPS) is 17.0. The van der Waals surface area contributed by atoms with Gasteiger partial charge in [-0.15, -0.1) is 0 Å². The van der Waals surface area contributed by atoms with Crippen LogP contribution in [0.25, 0.3) is 0 Å². The van der Waals surface area contributed by atoms with E-state index in [0.29, 0.717) is 18.1 Å². The average molecular weight is 533 g/mol. The standard InChI is InChI=1S/C31H36N2O6/c1-20-16-22(12-15-26(20)38-28-9-7-8-27(33-28)36-19-34)31(5,6)21-10-13-24(14-11-21)37-25-17-23(18-25)32-29(35)39-30(2,3)4/h7-16,19,23,25H,17-18H2,1-6H3,(H,32,35). The maximum absolute atomic E-state index is 11.9.